The van der Waals surface area contributed by atoms with E-state index in [2.05, 4.69) is 27.8 Å². The Bertz CT molecular complexity index is 1370. The predicted octanol–water partition coefficient (Wildman–Crippen LogP) is 4.78. The summed E-state index contributed by atoms with van der Waals surface area (Å²) in [5.41, 5.74) is 10.3. The molecule has 0 radical (unpaired) electrons. The topological polar surface area (TPSA) is 102 Å². The predicted molar refractivity (Wildman–Crippen MR) is 145 cm³/mol. The zero-order chi connectivity index (χ0) is 25.8. The van der Waals surface area contributed by atoms with Crippen LogP contribution in [0.1, 0.15) is 48.9 Å². The molecule has 1 unspecified atom stereocenters. The molecule has 186 valence electrons. The Morgan fingerprint density at radius 3 is 2.46 bits per heavy atom. The van der Waals surface area contributed by atoms with Crippen molar-refractivity contribution in [1.29, 1.82) is 0 Å². The molecular formula is C30H29N5O2. The number of hydrogen-bond donors (Lipinski definition) is 2. The highest BCUT2D eigenvalue weighted by molar-refractivity contribution is 6.19. The molecule has 2 aromatic carbocycles. The van der Waals surface area contributed by atoms with E-state index >= 15 is 0 Å². The molecule has 0 saturated heterocycles. The molecule has 0 bridgehead atoms. The highest BCUT2D eigenvalue weighted by Gasteiger charge is 2.32. The van der Waals surface area contributed by atoms with Crippen molar-refractivity contribution in [2.75, 3.05) is 5.73 Å². The summed E-state index contributed by atoms with van der Waals surface area (Å²) in [5.74, 6) is 4.16. The number of aliphatic imine (C=N–C) groups is 1. The summed E-state index contributed by atoms with van der Waals surface area (Å²) in [7, 11) is 0. The summed E-state index contributed by atoms with van der Waals surface area (Å²) in [6.07, 6.45) is 11.3. The molecule has 1 fully saturated rings. The first-order valence-corrected chi connectivity index (χ1v) is 12.5. The summed E-state index contributed by atoms with van der Waals surface area (Å²) in [6.45, 7) is 4.35. The van der Waals surface area contributed by atoms with Crippen molar-refractivity contribution in [1.82, 2.24) is 15.3 Å². The molecule has 1 aliphatic heterocycles. The summed E-state index contributed by atoms with van der Waals surface area (Å²) in [5, 5.41) is 2.91. The molecule has 3 N–H and O–H groups in total. The number of amides is 1. The van der Waals surface area contributed by atoms with Crippen LogP contribution in [0.4, 0.5) is 5.82 Å². The lowest BCUT2D eigenvalue weighted by Crippen LogP contribution is -2.37. The lowest BCUT2D eigenvalue weighted by molar-refractivity contribution is -0.116. The quantitative estimate of drug-likeness (QED) is 0.483. The normalized spacial score (nSPS) is 20.8. The summed E-state index contributed by atoms with van der Waals surface area (Å²) in [6, 6.07) is 17.5. The van der Waals surface area contributed by atoms with Crippen molar-refractivity contribution in [3.63, 3.8) is 0 Å². The van der Waals surface area contributed by atoms with E-state index in [9.17, 15) is 4.79 Å². The zero-order valence-corrected chi connectivity index (χ0v) is 20.6. The van der Waals surface area contributed by atoms with Crippen molar-refractivity contribution in [3.05, 3.63) is 84.3 Å². The molecule has 1 atom stereocenters. The van der Waals surface area contributed by atoms with Crippen molar-refractivity contribution in [2.24, 2.45) is 10.9 Å². The minimum Gasteiger partial charge on any atom is -0.457 e. The van der Waals surface area contributed by atoms with Gasteiger partial charge < -0.3 is 15.8 Å². The molecule has 7 heteroatoms. The third-order valence-electron chi connectivity index (χ3n) is 7.08. The highest BCUT2D eigenvalue weighted by atomic mass is 16.5. The van der Waals surface area contributed by atoms with Crippen LogP contribution < -0.4 is 15.8 Å². The number of nitrogen functional groups attached to an aromatic ring is 1. The van der Waals surface area contributed by atoms with Gasteiger partial charge in [-0.05, 0) is 85.9 Å². The number of nitrogens with zero attached hydrogens (tertiary/aromatic N) is 3. The van der Waals surface area contributed by atoms with E-state index in [1.54, 1.807) is 0 Å². The van der Waals surface area contributed by atoms with Gasteiger partial charge in [0.15, 0.2) is 0 Å². The summed E-state index contributed by atoms with van der Waals surface area (Å²) in [4.78, 5) is 25.5. The van der Waals surface area contributed by atoms with Gasteiger partial charge in [0, 0.05) is 11.6 Å². The SMILES string of the molecule is C#CC(=O)NC1CCC(CC2N=C(c3ccc(Oc4ccccc4)cc3)c3c(N)ncnc3C2=C)CC1. The molecule has 37 heavy (non-hydrogen) atoms. The second-order valence-corrected chi connectivity index (χ2v) is 9.51. The Hall–Kier alpha value is -4.44. The van der Waals surface area contributed by atoms with Crippen LogP contribution in [-0.4, -0.2) is 33.7 Å². The number of fused-ring (bicyclic) bond motifs is 1. The van der Waals surface area contributed by atoms with Crippen LogP contribution in [0.5, 0.6) is 11.5 Å². The van der Waals surface area contributed by atoms with E-state index in [4.69, 9.17) is 21.9 Å². The van der Waals surface area contributed by atoms with Gasteiger partial charge in [-0.25, -0.2) is 9.97 Å². The molecule has 2 aliphatic rings. The van der Waals surface area contributed by atoms with Crippen molar-refractivity contribution < 1.29 is 9.53 Å². The third-order valence-corrected chi connectivity index (χ3v) is 7.08. The first kappa shape index (κ1) is 24.3. The maximum atomic E-state index is 11.5. The van der Waals surface area contributed by atoms with Crippen molar-refractivity contribution in [2.45, 2.75) is 44.2 Å². The van der Waals surface area contributed by atoms with Gasteiger partial charge in [-0.2, -0.15) is 0 Å². The van der Waals surface area contributed by atoms with Crippen LogP contribution in [0.15, 0.2) is 72.5 Å². The second-order valence-electron chi connectivity index (χ2n) is 9.51. The number of nitrogens with two attached hydrogens (primary N) is 1. The molecule has 5 rings (SSSR count). The lowest BCUT2D eigenvalue weighted by Gasteiger charge is -2.32. The molecule has 3 aromatic rings. The number of aromatic nitrogens is 2. The third kappa shape index (κ3) is 5.39. The number of benzene rings is 2. The van der Waals surface area contributed by atoms with E-state index < -0.39 is 0 Å². The van der Waals surface area contributed by atoms with Gasteiger partial charge in [-0.15, -0.1) is 6.42 Å². The maximum absolute atomic E-state index is 11.5. The number of para-hydroxylation sites is 1. The molecule has 2 heterocycles. The number of anilines is 1. The Balaban J connectivity index is 1.37. The van der Waals surface area contributed by atoms with Gasteiger partial charge in [0.05, 0.1) is 23.0 Å². The maximum Gasteiger partial charge on any atom is 0.295 e. The van der Waals surface area contributed by atoms with Crippen LogP contribution in [0.25, 0.3) is 5.57 Å². The van der Waals surface area contributed by atoms with Crippen molar-refractivity contribution in [3.8, 4) is 23.8 Å². The van der Waals surface area contributed by atoms with Gasteiger partial charge >= 0.3 is 0 Å². The highest BCUT2D eigenvalue weighted by Crippen LogP contribution is 2.37. The van der Waals surface area contributed by atoms with Gasteiger partial charge in [0.25, 0.3) is 5.91 Å². The van der Waals surface area contributed by atoms with E-state index in [-0.39, 0.29) is 18.0 Å². The zero-order valence-electron chi connectivity index (χ0n) is 20.6. The summed E-state index contributed by atoms with van der Waals surface area (Å²) >= 11 is 0. The number of carbonyl (C=O) groups is 1. The average Bonchev–Trinajstić information content (AvgIpc) is 2.92. The number of hydrogen-bond acceptors (Lipinski definition) is 6. The second kappa shape index (κ2) is 10.7. The fourth-order valence-corrected chi connectivity index (χ4v) is 5.14. The van der Waals surface area contributed by atoms with Gasteiger partial charge in [-0.3, -0.25) is 9.79 Å². The van der Waals surface area contributed by atoms with Gasteiger partial charge in [-0.1, -0.05) is 24.8 Å². The monoisotopic (exact) mass is 491 g/mol. The van der Waals surface area contributed by atoms with E-state index in [0.717, 1.165) is 71.7 Å². The number of ether oxygens (including phenoxy) is 1. The smallest absolute Gasteiger partial charge is 0.295 e. The summed E-state index contributed by atoms with van der Waals surface area (Å²) < 4.78 is 5.95. The average molecular weight is 492 g/mol. The van der Waals surface area contributed by atoms with Crippen LogP contribution in [-0.2, 0) is 4.79 Å². The standard InChI is InChI=1S/C30H29N5O2/c1-3-26(36)34-22-13-9-20(10-14-22)17-25-19(2)28-27(30(31)33-18-32-28)29(35-25)21-11-15-24(16-12-21)37-23-7-5-4-6-8-23/h1,4-8,11-12,15-16,18,20,22,25H,2,9-10,13-14,17H2,(H,34,36)(H2,31,32,33). The first-order valence-electron chi connectivity index (χ1n) is 12.5. The van der Waals surface area contributed by atoms with Crippen LogP contribution >= 0.6 is 0 Å². The lowest BCUT2D eigenvalue weighted by atomic mass is 9.79. The molecular weight excluding hydrogens is 462 g/mol. The largest absolute Gasteiger partial charge is 0.457 e. The Labute approximate surface area is 216 Å². The van der Waals surface area contributed by atoms with Crippen LogP contribution in [0, 0.1) is 18.3 Å². The van der Waals surface area contributed by atoms with Crippen LogP contribution in [0.2, 0.25) is 0 Å². The fraction of sp³-hybridized carbons (Fsp3) is 0.267. The minimum absolute atomic E-state index is 0.112. The number of rotatable bonds is 6. The fourth-order valence-electron chi connectivity index (χ4n) is 5.14. The van der Waals surface area contributed by atoms with Crippen molar-refractivity contribution >= 4 is 23.0 Å². The van der Waals surface area contributed by atoms with E-state index in [1.807, 2.05) is 54.6 Å². The minimum atomic E-state index is -0.340. The Morgan fingerprint density at radius 1 is 1.05 bits per heavy atom. The molecule has 1 saturated carbocycles. The molecule has 0 spiro atoms. The number of nitrogens with one attached hydrogen (secondary N) is 1. The molecule has 1 amide bonds. The number of terminal acetylenes is 1. The van der Waals surface area contributed by atoms with Gasteiger partial charge in [0.1, 0.15) is 23.6 Å². The molecule has 1 aromatic heterocycles. The Kier molecular flexibility index (Phi) is 7.00. The Morgan fingerprint density at radius 2 is 1.76 bits per heavy atom. The number of carbonyl (C=O) groups excluding carboxylic acids is 1. The van der Waals surface area contributed by atoms with Gasteiger partial charge in [0.2, 0.25) is 0 Å². The first-order chi connectivity index (χ1) is 18.0. The van der Waals surface area contributed by atoms with Crippen LogP contribution in [0.3, 0.4) is 0 Å². The van der Waals surface area contributed by atoms with E-state index in [0.29, 0.717) is 11.7 Å². The van der Waals surface area contributed by atoms with E-state index in [1.165, 1.54) is 6.33 Å². The molecule has 1 aliphatic carbocycles. The molecule has 7 nitrogen and oxygen atoms in total.